The minimum absolute atomic E-state index is 0. The first-order valence-electron chi connectivity index (χ1n) is 8.04. The molecule has 0 fully saturated rings. The number of hydrogen-bond donors (Lipinski definition) is 2. The summed E-state index contributed by atoms with van der Waals surface area (Å²) in [6, 6.07) is 17.2. The minimum Gasteiger partial charge on any atom is -0.384 e. The van der Waals surface area contributed by atoms with Crippen molar-refractivity contribution < 1.29 is 0 Å². The zero-order chi connectivity index (χ0) is 16.2. The van der Waals surface area contributed by atoms with Gasteiger partial charge in [-0.2, -0.15) is 0 Å². The van der Waals surface area contributed by atoms with Crippen molar-refractivity contribution in [2.45, 2.75) is 26.3 Å². The molecule has 3 aromatic rings. The number of fused-ring (bicyclic) bond motifs is 1. The molecular weight excluding hydrogens is 353 g/mol. The Balaban J connectivity index is 0.00000156. The van der Waals surface area contributed by atoms with Crippen LogP contribution >= 0.6 is 24.8 Å². The molecule has 1 heterocycles. The Hall–Kier alpha value is -1.81. The van der Waals surface area contributed by atoms with E-state index in [1.54, 1.807) is 0 Å². The number of nitrogens with one attached hydrogen (secondary N) is 1. The molecule has 0 saturated carbocycles. The first kappa shape index (κ1) is 21.2. The number of nitrogen functional groups attached to an aromatic ring is 1. The fourth-order valence-corrected chi connectivity index (χ4v) is 3.02. The zero-order valence-corrected chi connectivity index (χ0v) is 16.2. The molecule has 0 spiro atoms. The van der Waals surface area contributed by atoms with Crippen molar-refractivity contribution in [3.8, 4) is 0 Å². The molecule has 25 heavy (non-hydrogen) atoms. The Kier molecular flexibility index (Phi) is 8.17. The normalized spacial score (nSPS) is 10.2. The van der Waals surface area contributed by atoms with Crippen LogP contribution in [0.5, 0.6) is 0 Å². The number of halogens is 2. The molecule has 3 N–H and O–H groups in total. The van der Waals surface area contributed by atoms with E-state index in [-0.39, 0.29) is 24.8 Å². The van der Waals surface area contributed by atoms with Crippen LogP contribution in [-0.2, 0) is 19.4 Å². The molecule has 0 aliphatic carbocycles. The summed E-state index contributed by atoms with van der Waals surface area (Å²) >= 11 is 0. The predicted octanol–water partition coefficient (Wildman–Crippen LogP) is 4.47. The lowest BCUT2D eigenvalue weighted by atomic mass is 10.0. The number of pyridine rings is 1. The maximum absolute atomic E-state index is 5.87. The molecule has 0 unspecified atom stereocenters. The molecule has 0 atom stereocenters. The molecule has 0 amide bonds. The van der Waals surface area contributed by atoms with Gasteiger partial charge >= 0.3 is 0 Å². The van der Waals surface area contributed by atoms with Gasteiger partial charge < -0.3 is 11.1 Å². The van der Waals surface area contributed by atoms with Crippen molar-refractivity contribution in [2.75, 3.05) is 12.8 Å². The van der Waals surface area contributed by atoms with E-state index in [2.05, 4.69) is 59.7 Å². The number of nitrogens with zero attached hydrogens (tertiary/aromatic N) is 1. The van der Waals surface area contributed by atoms with Gasteiger partial charge in [-0.25, -0.2) is 4.98 Å². The summed E-state index contributed by atoms with van der Waals surface area (Å²) in [7, 11) is 1.97. The van der Waals surface area contributed by atoms with Gasteiger partial charge in [-0.3, -0.25) is 0 Å². The Labute approximate surface area is 161 Å². The van der Waals surface area contributed by atoms with Crippen molar-refractivity contribution in [3.63, 3.8) is 0 Å². The smallest absolute Gasteiger partial charge is 0.124 e. The average molecular weight is 378 g/mol. The maximum Gasteiger partial charge on any atom is 0.124 e. The van der Waals surface area contributed by atoms with Crippen molar-refractivity contribution in [2.24, 2.45) is 0 Å². The fourth-order valence-electron chi connectivity index (χ4n) is 3.02. The lowest BCUT2D eigenvalue weighted by Crippen LogP contribution is -2.05. The lowest BCUT2D eigenvalue weighted by molar-refractivity contribution is 0.814. The molecule has 2 aromatic carbocycles. The SMILES string of the molecule is CNCc1cccc(CCc2ccc3c(C)cc(N)nc3c2)c1.Cl.Cl. The second kappa shape index (κ2) is 9.62. The standard InChI is InChI=1S/C20H23N3.2ClH/c1-14-10-20(21)23-19-12-16(8-9-18(14)19)7-6-15-4-3-5-17(11-15)13-22-2;;/h3-5,8-12,22H,6-7,13H2,1-2H3,(H2,21,23);2*1H. The van der Waals surface area contributed by atoms with E-state index in [0.29, 0.717) is 5.82 Å². The summed E-state index contributed by atoms with van der Waals surface area (Å²) in [6.45, 7) is 2.99. The van der Waals surface area contributed by atoms with Gasteiger partial charge in [0.2, 0.25) is 0 Å². The average Bonchev–Trinajstić information content (AvgIpc) is 2.53. The highest BCUT2D eigenvalue weighted by atomic mass is 35.5. The Morgan fingerprint density at radius 2 is 1.60 bits per heavy atom. The molecule has 0 saturated heterocycles. The molecule has 3 nitrogen and oxygen atoms in total. The van der Waals surface area contributed by atoms with Gasteiger partial charge in [0.05, 0.1) is 5.52 Å². The van der Waals surface area contributed by atoms with Gasteiger partial charge in [0.1, 0.15) is 5.82 Å². The van der Waals surface area contributed by atoms with Crippen LogP contribution in [0.3, 0.4) is 0 Å². The number of aromatic nitrogens is 1. The lowest BCUT2D eigenvalue weighted by Gasteiger charge is -2.08. The molecule has 0 aliphatic rings. The maximum atomic E-state index is 5.87. The van der Waals surface area contributed by atoms with E-state index in [4.69, 9.17) is 5.73 Å². The second-order valence-electron chi connectivity index (χ2n) is 6.07. The Morgan fingerprint density at radius 3 is 2.32 bits per heavy atom. The van der Waals surface area contributed by atoms with E-state index < -0.39 is 0 Å². The van der Waals surface area contributed by atoms with Gasteiger partial charge in [0, 0.05) is 11.9 Å². The highest BCUT2D eigenvalue weighted by Gasteiger charge is 2.03. The van der Waals surface area contributed by atoms with Gasteiger partial charge in [0.25, 0.3) is 0 Å². The Morgan fingerprint density at radius 1 is 0.920 bits per heavy atom. The van der Waals surface area contributed by atoms with Crippen LogP contribution in [0, 0.1) is 6.92 Å². The van der Waals surface area contributed by atoms with Crippen molar-refractivity contribution in [1.82, 2.24) is 10.3 Å². The van der Waals surface area contributed by atoms with Crippen molar-refractivity contribution in [3.05, 3.63) is 70.8 Å². The van der Waals surface area contributed by atoms with Crippen LogP contribution in [0.4, 0.5) is 5.82 Å². The van der Waals surface area contributed by atoms with Gasteiger partial charge in [-0.05, 0) is 61.2 Å². The minimum atomic E-state index is 0. The predicted molar refractivity (Wildman–Crippen MR) is 112 cm³/mol. The van der Waals surface area contributed by atoms with Gasteiger partial charge in [-0.1, -0.05) is 36.4 Å². The molecular formula is C20H25Cl2N3. The van der Waals surface area contributed by atoms with Crippen molar-refractivity contribution in [1.29, 1.82) is 0 Å². The number of rotatable bonds is 5. The van der Waals surface area contributed by atoms with E-state index in [1.807, 2.05) is 13.1 Å². The summed E-state index contributed by atoms with van der Waals surface area (Å²) in [5, 5.41) is 4.38. The topological polar surface area (TPSA) is 50.9 Å². The first-order valence-corrected chi connectivity index (χ1v) is 8.04. The molecule has 5 heteroatoms. The quantitative estimate of drug-likeness (QED) is 0.689. The van der Waals surface area contributed by atoms with E-state index in [9.17, 15) is 0 Å². The van der Waals surface area contributed by atoms with E-state index in [0.717, 1.165) is 24.9 Å². The molecule has 3 rings (SSSR count). The van der Waals surface area contributed by atoms with Gasteiger partial charge in [0.15, 0.2) is 0 Å². The molecule has 1 aromatic heterocycles. The van der Waals surface area contributed by atoms with Crippen LogP contribution in [0.2, 0.25) is 0 Å². The monoisotopic (exact) mass is 377 g/mol. The van der Waals surface area contributed by atoms with Crippen LogP contribution in [0.1, 0.15) is 22.3 Å². The zero-order valence-electron chi connectivity index (χ0n) is 14.6. The third-order valence-electron chi connectivity index (χ3n) is 4.18. The number of anilines is 1. The second-order valence-corrected chi connectivity index (χ2v) is 6.07. The fraction of sp³-hybridized carbons (Fsp3) is 0.250. The summed E-state index contributed by atoms with van der Waals surface area (Å²) in [6.07, 6.45) is 2.04. The summed E-state index contributed by atoms with van der Waals surface area (Å²) < 4.78 is 0. The highest BCUT2D eigenvalue weighted by molar-refractivity contribution is 5.86. The van der Waals surface area contributed by atoms with Crippen LogP contribution in [0.15, 0.2) is 48.5 Å². The summed E-state index contributed by atoms with van der Waals surface area (Å²) in [4.78, 5) is 4.46. The van der Waals surface area contributed by atoms with E-state index in [1.165, 1.54) is 27.6 Å². The number of hydrogen-bond acceptors (Lipinski definition) is 3. The first-order chi connectivity index (χ1) is 11.2. The molecule has 0 radical (unpaired) electrons. The molecule has 0 aliphatic heterocycles. The largest absolute Gasteiger partial charge is 0.384 e. The summed E-state index contributed by atoms with van der Waals surface area (Å²) in [5.74, 6) is 0.590. The van der Waals surface area contributed by atoms with Crippen LogP contribution < -0.4 is 11.1 Å². The summed E-state index contributed by atoms with van der Waals surface area (Å²) in [5.41, 5.74) is 12.0. The number of aryl methyl sites for hydroxylation is 3. The third kappa shape index (κ3) is 5.33. The Bertz CT molecular complexity index is 834. The third-order valence-corrected chi connectivity index (χ3v) is 4.18. The highest BCUT2D eigenvalue weighted by Crippen LogP contribution is 2.21. The van der Waals surface area contributed by atoms with Gasteiger partial charge in [-0.15, -0.1) is 24.8 Å². The van der Waals surface area contributed by atoms with Crippen molar-refractivity contribution >= 4 is 41.5 Å². The van der Waals surface area contributed by atoms with Crippen LogP contribution in [0.25, 0.3) is 10.9 Å². The van der Waals surface area contributed by atoms with Crippen LogP contribution in [-0.4, -0.2) is 12.0 Å². The van der Waals surface area contributed by atoms with E-state index >= 15 is 0 Å². The molecule has 0 bridgehead atoms. The number of nitrogens with two attached hydrogens (primary N) is 1. The molecule has 134 valence electrons. The number of benzene rings is 2.